The summed E-state index contributed by atoms with van der Waals surface area (Å²) in [4.78, 5) is 37.0. The third-order valence-electron chi connectivity index (χ3n) is 6.30. The number of aromatic nitrogens is 2. The van der Waals surface area contributed by atoms with Crippen molar-refractivity contribution in [2.24, 2.45) is 17.8 Å². The van der Waals surface area contributed by atoms with Gasteiger partial charge in [0, 0.05) is 23.4 Å². The first-order valence-corrected chi connectivity index (χ1v) is 10.6. The minimum atomic E-state index is -0.388. The Balaban J connectivity index is 1.42. The zero-order valence-corrected chi connectivity index (χ0v) is 17.4. The molecule has 4 rings (SSSR count). The number of esters is 1. The molecule has 158 valence electrons. The Morgan fingerprint density at radius 2 is 1.83 bits per heavy atom. The lowest BCUT2D eigenvalue weighted by atomic mass is 9.67. The van der Waals surface area contributed by atoms with Gasteiger partial charge in [-0.05, 0) is 63.8 Å². The first-order valence-electron chi connectivity index (χ1n) is 10.6. The van der Waals surface area contributed by atoms with E-state index in [1.807, 2.05) is 31.2 Å². The molecule has 1 aromatic heterocycles. The van der Waals surface area contributed by atoms with Crippen LogP contribution < -0.4 is 5.32 Å². The highest BCUT2D eigenvalue weighted by atomic mass is 16.5. The first kappa shape index (κ1) is 20.3. The maximum Gasteiger partial charge on any atom is 0.341 e. The molecule has 0 aliphatic heterocycles. The van der Waals surface area contributed by atoms with E-state index in [0.29, 0.717) is 42.2 Å². The molecule has 1 N–H and O–H groups in total. The molecule has 2 aliphatic carbocycles. The number of Topliss-reactive ketones (excluding diaryl/α,β-unsaturated/α-hetero) is 1. The normalized spacial score (nSPS) is 23.1. The van der Waals surface area contributed by atoms with Crippen molar-refractivity contribution in [2.45, 2.75) is 46.0 Å². The summed E-state index contributed by atoms with van der Waals surface area (Å²) in [5, 5.41) is 7.28. The molecular weight excluding hydrogens is 382 g/mol. The molecule has 1 heterocycles. The summed E-state index contributed by atoms with van der Waals surface area (Å²) in [6.45, 7) is 3.90. The van der Waals surface area contributed by atoms with E-state index >= 15 is 0 Å². The lowest BCUT2D eigenvalue weighted by molar-refractivity contribution is -0.136. The van der Waals surface area contributed by atoms with Crippen LogP contribution in [0.1, 0.15) is 55.1 Å². The number of nitrogens with one attached hydrogen (secondary N) is 1. The van der Waals surface area contributed by atoms with Gasteiger partial charge < -0.3 is 10.1 Å². The number of amides is 1. The minimum absolute atomic E-state index is 0.00739. The van der Waals surface area contributed by atoms with E-state index in [1.54, 1.807) is 11.6 Å². The van der Waals surface area contributed by atoms with Crippen LogP contribution in [0.15, 0.2) is 30.5 Å². The molecule has 7 nitrogen and oxygen atoms in total. The quantitative estimate of drug-likeness (QED) is 0.761. The van der Waals surface area contributed by atoms with Gasteiger partial charge in [-0.3, -0.25) is 9.59 Å². The number of benzene rings is 1. The highest BCUT2D eigenvalue weighted by molar-refractivity contribution is 5.95. The summed E-state index contributed by atoms with van der Waals surface area (Å²) in [5.74, 6) is -0.00323. The summed E-state index contributed by atoms with van der Waals surface area (Å²) in [6.07, 6.45) is 5.78. The van der Waals surface area contributed by atoms with Crippen LogP contribution in [0.5, 0.6) is 0 Å². The summed E-state index contributed by atoms with van der Waals surface area (Å²) in [5.41, 5.74) is 2.63. The lowest BCUT2D eigenvalue weighted by Crippen LogP contribution is -2.40. The summed E-state index contributed by atoms with van der Waals surface area (Å²) >= 11 is 0. The molecule has 0 radical (unpaired) electrons. The Hall–Kier alpha value is -2.96. The molecule has 1 amide bonds. The minimum Gasteiger partial charge on any atom is -0.462 e. The predicted molar refractivity (Wildman–Crippen MR) is 111 cm³/mol. The van der Waals surface area contributed by atoms with E-state index < -0.39 is 0 Å². The van der Waals surface area contributed by atoms with Gasteiger partial charge in [0.1, 0.15) is 11.3 Å². The molecule has 2 fully saturated rings. The SMILES string of the molecule is CCOC(=O)c1cnn(-c2ccc(NC(=O)C3C[C@H]4CCC[C@@H](C3)C4=O)cc2)c1C. The standard InChI is InChI=1S/C23H27N3O4/c1-3-30-23(29)20-13-24-26(14(20)2)19-9-7-18(8-10-19)25-22(28)17-11-15-5-4-6-16(12-17)21(15)27/h7-10,13,15-17H,3-6,11-12H2,1-2H3,(H,25,28)/t15-,16+,17?. The molecular formula is C23H27N3O4. The largest absolute Gasteiger partial charge is 0.462 e. The zero-order valence-electron chi connectivity index (χ0n) is 17.4. The third kappa shape index (κ3) is 3.88. The fourth-order valence-corrected chi connectivity index (χ4v) is 4.70. The average Bonchev–Trinajstić information content (AvgIpc) is 3.10. The number of carbonyl (C=O) groups excluding carboxylic acids is 3. The van der Waals surface area contributed by atoms with Crippen molar-refractivity contribution in [3.05, 3.63) is 41.7 Å². The maximum absolute atomic E-state index is 12.8. The summed E-state index contributed by atoms with van der Waals surface area (Å²) < 4.78 is 6.72. The topological polar surface area (TPSA) is 90.3 Å². The van der Waals surface area contributed by atoms with Gasteiger partial charge in [0.15, 0.2) is 0 Å². The van der Waals surface area contributed by atoms with Crippen molar-refractivity contribution in [2.75, 3.05) is 11.9 Å². The van der Waals surface area contributed by atoms with Gasteiger partial charge in [0.2, 0.25) is 5.91 Å². The third-order valence-corrected chi connectivity index (χ3v) is 6.30. The van der Waals surface area contributed by atoms with Gasteiger partial charge in [0.05, 0.1) is 24.2 Å². The van der Waals surface area contributed by atoms with Crippen LogP contribution in [0.25, 0.3) is 5.69 Å². The van der Waals surface area contributed by atoms with Crippen molar-refractivity contribution >= 4 is 23.3 Å². The maximum atomic E-state index is 12.8. The van der Waals surface area contributed by atoms with E-state index in [1.165, 1.54) is 6.20 Å². The number of carbonyl (C=O) groups is 3. The molecule has 30 heavy (non-hydrogen) atoms. The number of nitrogens with zero attached hydrogens (tertiary/aromatic N) is 2. The van der Waals surface area contributed by atoms with Crippen LogP contribution in [0, 0.1) is 24.7 Å². The van der Waals surface area contributed by atoms with Gasteiger partial charge in [-0.1, -0.05) is 6.42 Å². The van der Waals surface area contributed by atoms with Crippen LogP contribution in [0.2, 0.25) is 0 Å². The second-order valence-electron chi connectivity index (χ2n) is 8.21. The molecule has 3 atom stereocenters. The Morgan fingerprint density at radius 3 is 2.47 bits per heavy atom. The molecule has 2 bridgehead atoms. The van der Waals surface area contributed by atoms with Crippen molar-refractivity contribution in [3.8, 4) is 5.69 Å². The van der Waals surface area contributed by atoms with Crippen LogP contribution >= 0.6 is 0 Å². The second kappa shape index (κ2) is 8.42. The number of fused-ring (bicyclic) bond motifs is 2. The van der Waals surface area contributed by atoms with Gasteiger partial charge in [-0.25, -0.2) is 9.48 Å². The Kier molecular flexibility index (Phi) is 5.70. The number of ketones is 1. The lowest BCUT2D eigenvalue weighted by Gasteiger charge is -2.36. The zero-order chi connectivity index (χ0) is 21.3. The first-order chi connectivity index (χ1) is 14.5. The fraction of sp³-hybridized carbons (Fsp3) is 0.478. The summed E-state index contributed by atoms with van der Waals surface area (Å²) in [7, 11) is 0. The van der Waals surface area contributed by atoms with Crippen LogP contribution in [0.3, 0.4) is 0 Å². The molecule has 0 saturated heterocycles. The van der Waals surface area contributed by atoms with Gasteiger partial charge in [-0.2, -0.15) is 5.10 Å². The number of hydrogen-bond acceptors (Lipinski definition) is 5. The predicted octanol–water partition coefficient (Wildman–Crippen LogP) is 3.69. The Bertz CT molecular complexity index is 947. The molecule has 2 aromatic rings. The van der Waals surface area contributed by atoms with Crippen molar-refractivity contribution in [3.63, 3.8) is 0 Å². The van der Waals surface area contributed by atoms with Crippen LogP contribution in [0.4, 0.5) is 5.69 Å². The molecule has 2 saturated carbocycles. The molecule has 2 aliphatic rings. The van der Waals surface area contributed by atoms with E-state index in [0.717, 1.165) is 24.9 Å². The van der Waals surface area contributed by atoms with Gasteiger partial charge in [-0.15, -0.1) is 0 Å². The molecule has 0 spiro atoms. The van der Waals surface area contributed by atoms with Crippen LogP contribution in [-0.4, -0.2) is 34.0 Å². The number of ether oxygens (including phenoxy) is 1. The Labute approximate surface area is 175 Å². The average molecular weight is 409 g/mol. The van der Waals surface area contributed by atoms with Gasteiger partial charge >= 0.3 is 5.97 Å². The van der Waals surface area contributed by atoms with E-state index in [9.17, 15) is 14.4 Å². The number of hydrogen-bond donors (Lipinski definition) is 1. The van der Waals surface area contributed by atoms with Gasteiger partial charge in [0.25, 0.3) is 0 Å². The monoisotopic (exact) mass is 409 g/mol. The summed E-state index contributed by atoms with van der Waals surface area (Å²) in [6, 6.07) is 7.35. The van der Waals surface area contributed by atoms with Crippen molar-refractivity contribution in [1.29, 1.82) is 0 Å². The number of rotatable bonds is 5. The second-order valence-corrected chi connectivity index (χ2v) is 8.21. The highest BCUT2D eigenvalue weighted by Gasteiger charge is 2.41. The number of anilines is 1. The van der Waals surface area contributed by atoms with E-state index in [4.69, 9.17) is 4.74 Å². The van der Waals surface area contributed by atoms with Crippen molar-refractivity contribution < 1.29 is 19.1 Å². The molecule has 1 unspecified atom stereocenters. The smallest absolute Gasteiger partial charge is 0.341 e. The van der Waals surface area contributed by atoms with Crippen LogP contribution in [-0.2, 0) is 14.3 Å². The fourth-order valence-electron chi connectivity index (χ4n) is 4.70. The van der Waals surface area contributed by atoms with Crippen molar-refractivity contribution in [1.82, 2.24) is 9.78 Å². The Morgan fingerprint density at radius 1 is 1.17 bits per heavy atom. The molecule has 7 heteroatoms. The van der Waals surface area contributed by atoms with E-state index in [-0.39, 0.29) is 29.6 Å². The van der Waals surface area contributed by atoms with E-state index in [2.05, 4.69) is 10.4 Å². The molecule has 1 aromatic carbocycles. The highest BCUT2D eigenvalue weighted by Crippen LogP contribution is 2.40.